The lowest BCUT2D eigenvalue weighted by Crippen LogP contribution is -2.11. The van der Waals surface area contributed by atoms with Gasteiger partial charge in [0.05, 0.1) is 0 Å². The summed E-state index contributed by atoms with van der Waals surface area (Å²) in [5, 5.41) is 0. The number of hydrogen-bond donors (Lipinski definition) is 1. The molecule has 4 heteroatoms. The molecule has 1 aliphatic carbocycles. The van der Waals surface area contributed by atoms with Crippen molar-refractivity contribution in [3.8, 4) is 11.1 Å². The number of hydrogen-bond acceptors (Lipinski definition) is 2. The first-order valence-corrected chi connectivity index (χ1v) is 12.8. The fourth-order valence-electron chi connectivity index (χ4n) is 4.27. The van der Waals surface area contributed by atoms with E-state index >= 15 is 0 Å². The maximum absolute atomic E-state index is 11.7. The fourth-order valence-corrected chi connectivity index (χ4v) is 5.45. The summed E-state index contributed by atoms with van der Waals surface area (Å²) >= 11 is 0. The van der Waals surface area contributed by atoms with Gasteiger partial charge in [-0.3, -0.25) is 4.55 Å². The predicted molar refractivity (Wildman–Crippen MR) is 133 cm³/mol. The van der Waals surface area contributed by atoms with Gasteiger partial charge >= 0.3 is 0 Å². The third kappa shape index (κ3) is 5.13. The van der Waals surface area contributed by atoms with Gasteiger partial charge in [-0.2, -0.15) is 8.42 Å². The quantitative estimate of drug-likeness (QED) is 0.326. The maximum atomic E-state index is 11.7. The Hall–Kier alpha value is -2.43. The van der Waals surface area contributed by atoms with Crippen molar-refractivity contribution in [3.05, 3.63) is 88.5 Å². The van der Waals surface area contributed by atoms with E-state index in [9.17, 15) is 13.0 Å². The Morgan fingerprint density at radius 1 is 0.688 bits per heavy atom. The van der Waals surface area contributed by atoms with Crippen molar-refractivity contribution in [2.75, 3.05) is 0 Å². The van der Waals surface area contributed by atoms with Gasteiger partial charge in [-0.15, -0.1) is 0 Å². The molecule has 0 atom stereocenters. The zero-order valence-electron chi connectivity index (χ0n) is 19.9. The second kappa shape index (κ2) is 9.60. The minimum atomic E-state index is -4.20. The van der Waals surface area contributed by atoms with Gasteiger partial charge in [0.1, 0.15) is 4.90 Å². The van der Waals surface area contributed by atoms with E-state index < -0.39 is 10.1 Å². The van der Waals surface area contributed by atoms with Crippen molar-refractivity contribution in [2.24, 2.45) is 0 Å². The van der Waals surface area contributed by atoms with Crippen LogP contribution in [0.3, 0.4) is 0 Å². The van der Waals surface area contributed by atoms with Crippen LogP contribution in [0.4, 0.5) is 0 Å². The molecule has 0 saturated heterocycles. The van der Waals surface area contributed by atoms with Gasteiger partial charge in [-0.1, -0.05) is 102 Å². The predicted octanol–water partition coefficient (Wildman–Crippen LogP) is 7.56. The zero-order chi connectivity index (χ0) is 23.6. The molecule has 0 radical (unpaired) electrons. The highest BCUT2D eigenvalue weighted by molar-refractivity contribution is 7.86. The average Bonchev–Trinajstić information content (AvgIpc) is 3.11. The van der Waals surface area contributed by atoms with E-state index in [1.165, 1.54) is 22.3 Å². The first-order valence-electron chi connectivity index (χ1n) is 11.3. The van der Waals surface area contributed by atoms with E-state index in [0.717, 1.165) is 12.0 Å². The maximum Gasteiger partial charge on any atom is 0.295 e. The summed E-state index contributed by atoms with van der Waals surface area (Å²) in [6.07, 6.45) is 1.10. The fraction of sp³-hybridized carbons (Fsp3) is 0.357. The standard InChI is InChI=1S/C15H24O3S.C13H10/c1-9(2)12-7-13(10(3)4)15(19(16,17)18)14(8-12)11(5)6;1-3-7-12-10(5-1)9-11-6-2-4-8-13(11)12/h7-11H,1-6H3,(H,16,17,18);1-8H,9H2. The Bertz CT molecular complexity index is 1130. The summed E-state index contributed by atoms with van der Waals surface area (Å²) in [6.45, 7) is 11.9. The summed E-state index contributed by atoms with van der Waals surface area (Å²) in [7, 11) is -4.20. The first-order chi connectivity index (χ1) is 15.0. The second-order valence-corrected chi connectivity index (χ2v) is 10.8. The SMILES string of the molecule is CC(C)c1cc(C(C)C)c(S(=O)(=O)O)c(C(C)C)c1.c1ccc2c(c1)Cc1ccccc1-2. The first kappa shape index (κ1) is 24.2. The summed E-state index contributed by atoms with van der Waals surface area (Å²) in [5.41, 5.74) is 8.28. The van der Waals surface area contributed by atoms with Crippen molar-refractivity contribution in [1.29, 1.82) is 0 Å². The van der Waals surface area contributed by atoms with Crippen LogP contribution in [-0.2, 0) is 16.5 Å². The van der Waals surface area contributed by atoms with Crippen LogP contribution in [0.1, 0.15) is 87.1 Å². The molecule has 0 aliphatic heterocycles. The largest absolute Gasteiger partial charge is 0.295 e. The Balaban J connectivity index is 0.000000191. The summed E-state index contributed by atoms with van der Waals surface area (Å²) in [4.78, 5) is 0.0990. The van der Waals surface area contributed by atoms with Crippen molar-refractivity contribution >= 4 is 10.1 Å². The molecule has 0 spiro atoms. The lowest BCUT2D eigenvalue weighted by Gasteiger charge is -2.20. The molecule has 0 fully saturated rings. The van der Waals surface area contributed by atoms with Crippen molar-refractivity contribution in [2.45, 2.75) is 70.6 Å². The van der Waals surface area contributed by atoms with Gasteiger partial charge in [0.15, 0.2) is 0 Å². The monoisotopic (exact) mass is 450 g/mol. The van der Waals surface area contributed by atoms with Crippen LogP contribution in [-0.4, -0.2) is 13.0 Å². The molecule has 0 bridgehead atoms. The van der Waals surface area contributed by atoms with Crippen molar-refractivity contribution in [1.82, 2.24) is 0 Å². The number of rotatable bonds is 4. The van der Waals surface area contributed by atoms with E-state index in [1.54, 1.807) is 0 Å². The lowest BCUT2D eigenvalue weighted by molar-refractivity contribution is 0.479. The van der Waals surface area contributed by atoms with E-state index in [1.807, 2.05) is 39.8 Å². The molecule has 0 heterocycles. The van der Waals surface area contributed by atoms with Gasteiger partial charge in [0.25, 0.3) is 10.1 Å². The summed E-state index contributed by atoms with van der Waals surface area (Å²) in [6, 6.07) is 21.1. The highest BCUT2D eigenvalue weighted by Crippen LogP contribution is 2.36. The van der Waals surface area contributed by atoms with Crippen LogP contribution in [0.5, 0.6) is 0 Å². The number of benzene rings is 3. The molecular formula is C28H34O3S. The van der Waals surface area contributed by atoms with Gasteiger partial charge in [-0.25, -0.2) is 0 Å². The van der Waals surface area contributed by atoms with Gasteiger partial charge in [0, 0.05) is 0 Å². The minimum absolute atomic E-state index is 0.0492. The molecule has 4 rings (SSSR count). The average molecular weight is 451 g/mol. The van der Waals surface area contributed by atoms with Gasteiger partial charge in [-0.05, 0) is 63.1 Å². The molecule has 3 aromatic rings. The second-order valence-electron chi connectivity index (χ2n) is 9.46. The van der Waals surface area contributed by atoms with Crippen molar-refractivity contribution < 1.29 is 13.0 Å². The van der Waals surface area contributed by atoms with Crippen molar-refractivity contribution in [3.63, 3.8) is 0 Å². The molecule has 3 aromatic carbocycles. The van der Waals surface area contributed by atoms with E-state index in [4.69, 9.17) is 0 Å². The summed E-state index contributed by atoms with van der Waals surface area (Å²) < 4.78 is 33.0. The molecule has 3 nitrogen and oxygen atoms in total. The smallest absolute Gasteiger partial charge is 0.282 e. The topological polar surface area (TPSA) is 54.4 Å². The molecule has 32 heavy (non-hydrogen) atoms. The van der Waals surface area contributed by atoms with Crippen LogP contribution < -0.4 is 0 Å². The van der Waals surface area contributed by atoms with Crippen LogP contribution >= 0.6 is 0 Å². The Morgan fingerprint density at radius 3 is 1.44 bits per heavy atom. The lowest BCUT2D eigenvalue weighted by atomic mass is 9.89. The minimum Gasteiger partial charge on any atom is -0.282 e. The molecular weight excluding hydrogens is 416 g/mol. The van der Waals surface area contributed by atoms with Crippen LogP contribution in [0.2, 0.25) is 0 Å². The van der Waals surface area contributed by atoms with E-state index in [0.29, 0.717) is 17.0 Å². The molecule has 0 aromatic heterocycles. The zero-order valence-corrected chi connectivity index (χ0v) is 20.7. The van der Waals surface area contributed by atoms with Crippen LogP contribution in [0.25, 0.3) is 11.1 Å². The molecule has 0 amide bonds. The Kier molecular flexibility index (Phi) is 7.26. The summed E-state index contributed by atoms with van der Waals surface area (Å²) in [5.74, 6) is 0.423. The highest BCUT2D eigenvalue weighted by Gasteiger charge is 2.25. The normalized spacial score (nSPS) is 12.6. The van der Waals surface area contributed by atoms with E-state index in [2.05, 4.69) is 62.4 Å². The molecule has 0 saturated carbocycles. The van der Waals surface area contributed by atoms with Gasteiger partial charge < -0.3 is 0 Å². The molecule has 1 aliphatic rings. The molecule has 0 unspecified atom stereocenters. The van der Waals surface area contributed by atoms with Gasteiger partial charge in [0.2, 0.25) is 0 Å². The molecule has 1 N–H and O–H groups in total. The third-order valence-electron chi connectivity index (χ3n) is 6.04. The van der Waals surface area contributed by atoms with Crippen LogP contribution in [0.15, 0.2) is 65.6 Å². The Morgan fingerprint density at radius 2 is 1.09 bits per heavy atom. The highest BCUT2D eigenvalue weighted by atomic mass is 32.2. The third-order valence-corrected chi connectivity index (χ3v) is 7.03. The van der Waals surface area contributed by atoms with E-state index in [-0.39, 0.29) is 16.7 Å². The Labute approximate surface area is 193 Å². The number of fused-ring (bicyclic) bond motifs is 3. The van der Waals surface area contributed by atoms with Crippen LogP contribution in [0, 0.1) is 0 Å². The molecule has 170 valence electrons.